The predicted octanol–water partition coefficient (Wildman–Crippen LogP) is 4.40. The Morgan fingerprint density at radius 2 is 1.83 bits per heavy atom. The highest BCUT2D eigenvalue weighted by molar-refractivity contribution is 7.86. The van der Waals surface area contributed by atoms with Gasteiger partial charge in [-0.25, -0.2) is 4.99 Å². The first-order valence-electron chi connectivity index (χ1n) is 7.74. The normalized spacial score (nSPS) is 20.7. The van der Waals surface area contributed by atoms with E-state index in [0.29, 0.717) is 12.8 Å². The molecule has 24 heavy (non-hydrogen) atoms. The number of thiocarbonyl (C=S) groups is 1. The molecule has 1 aliphatic carbocycles. The number of rotatable bonds is 6. The molecule has 1 saturated carbocycles. The monoisotopic (exact) mass is 363 g/mol. The highest BCUT2D eigenvalue weighted by Gasteiger charge is 2.34. The van der Waals surface area contributed by atoms with Crippen molar-refractivity contribution in [1.29, 1.82) is 0 Å². The molecule has 0 N–H and O–H groups in total. The average molecular weight is 364 g/mol. The SMILES string of the molecule is CC(C)=C/C=C(\C)c1ccc(S(=O)(=O)OC2CC(N=C=S)C2)cc1. The zero-order chi connectivity index (χ0) is 17.7. The summed E-state index contributed by atoms with van der Waals surface area (Å²) in [4.78, 5) is 4.09. The summed E-state index contributed by atoms with van der Waals surface area (Å²) in [5.41, 5.74) is 3.25. The van der Waals surface area contributed by atoms with Gasteiger partial charge in [0, 0.05) is 0 Å². The quantitative estimate of drug-likeness (QED) is 0.325. The van der Waals surface area contributed by atoms with E-state index in [1.807, 2.05) is 32.9 Å². The van der Waals surface area contributed by atoms with Crippen LogP contribution in [-0.2, 0) is 14.3 Å². The lowest BCUT2D eigenvalue weighted by Crippen LogP contribution is -2.35. The van der Waals surface area contributed by atoms with Gasteiger partial charge in [-0.15, -0.1) is 0 Å². The van der Waals surface area contributed by atoms with Crippen LogP contribution in [-0.4, -0.2) is 25.7 Å². The van der Waals surface area contributed by atoms with Gasteiger partial charge in [-0.05, 0) is 69.1 Å². The molecule has 128 valence electrons. The summed E-state index contributed by atoms with van der Waals surface area (Å²) in [5.74, 6) is 0. The lowest BCUT2D eigenvalue weighted by atomic mass is 9.90. The van der Waals surface area contributed by atoms with Gasteiger partial charge in [0.05, 0.1) is 22.2 Å². The van der Waals surface area contributed by atoms with Crippen LogP contribution in [0.3, 0.4) is 0 Å². The second-order valence-electron chi connectivity index (χ2n) is 6.14. The van der Waals surface area contributed by atoms with E-state index in [1.54, 1.807) is 24.3 Å². The Morgan fingerprint density at radius 1 is 1.21 bits per heavy atom. The Morgan fingerprint density at radius 3 is 2.38 bits per heavy atom. The van der Waals surface area contributed by atoms with Gasteiger partial charge in [-0.3, -0.25) is 4.18 Å². The van der Waals surface area contributed by atoms with E-state index in [1.165, 1.54) is 5.57 Å². The van der Waals surface area contributed by atoms with Gasteiger partial charge in [0.15, 0.2) is 0 Å². The van der Waals surface area contributed by atoms with Crippen molar-refractivity contribution in [1.82, 2.24) is 0 Å². The average Bonchev–Trinajstić information content (AvgIpc) is 2.50. The summed E-state index contributed by atoms with van der Waals surface area (Å²) in [7, 11) is -3.75. The summed E-state index contributed by atoms with van der Waals surface area (Å²) >= 11 is 4.54. The zero-order valence-corrected chi connectivity index (χ0v) is 15.7. The summed E-state index contributed by atoms with van der Waals surface area (Å²) in [5, 5.41) is 2.31. The van der Waals surface area contributed by atoms with E-state index < -0.39 is 10.1 Å². The largest absolute Gasteiger partial charge is 0.297 e. The molecule has 4 nitrogen and oxygen atoms in total. The van der Waals surface area contributed by atoms with Crippen LogP contribution in [0, 0.1) is 0 Å². The summed E-state index contributed by atoms with van der Waals surface area (Å²) in [6.45, 7) is 6.05. The van der Waals surface area contributed by atoms with E-state index in [0.717, 1.165) is 11.1 Å². The molecule has 0 atom stereocenters. The first-order valence-corrected chi connectivity index (χ1v) is 9.56. The maximum Gasteiger partial charge on any atom is 0.297 e. The van der Waals surface area contributed by atoms with Gasteiger partial charge in [0.25, 0.3) is 10.1 Å². The van der Waals surface area contributed by atoms with Crippen LogP contribution < -0.4 is 0 Å². The number of isothiocyanates is 1. The topological polar surface area (TPSA) is 55.7 Å². The lowest BCUT2D eigenvalue weighted by Gasteiger charge is -2.30. The number of hydrogen-bond acceptors (Lipinski definition) is 5. The highest BCUT2D eigenvalue weighted by atomic mass is 32.2. The van der Waals surface area contributed by atoms with Crippen molar-refractivity contribution in [3.05, 3.63) is 47.6 Å². The van der Waals surface area contributed by atoms with Crippen molar-refractivity contribution in [2.24, 2.45) is 4.99 Å². The van der Waals surface area contributed by atoms with Crippen LogP contribution in [0.4, 0.5) is 0 Å². The van der Waals surface area contributed by atoms with Gasteiger partial charge >= 0.3 is 0 Å². The molecule has 1 aliphatic rings. The third kappa shape index (κ3) is 4.95. The van der Waals surface area contributed by atoms with E-state index >= 15 is 0 Å². The van der Waals surface area contributed by atoms with E-state index in [4.69, 9.17) is 4.18 Å². The minimum absolute atomic E-state index is 0.0351. The van der Waals surface area contributed by atoms with Gasteiger partial charge in [0.1, 0.15) is 0 Å². The van der Waals surface area contributed by atoms with Crippen molar-refractivity contribution in [3.63, 3.8) is 0 Å². The molecule has 0 aromatic heterocycles. The minimum Gasteiger partial charge on any atom is -0.263 e. The summed E-state index contributed by atoms with van der Waals surface area (Å²) in [6.07, 6.45) is 4.84. The molecular formula is C18H21NO3S2. The predicted molar refractivity (Wildman–Crippen MR) is 99.6 cm³/mol. The molecule has 1 aromatic carbocycles. The van der Waals surface area contributed by atoms with Gasteiger partial charge in [0.2, 0.25) is 0 Å². The first kappa shape index (κ1) is 18.7. The Hall–Kier alpha value is -1.59. The maximum atomic E-state index is 12.3. The van der Waals surface area contributed by atoms with Gasteiger partial charge in [-0.1, -0.05) is 29.9 Å². The second kappa shape index (κ2) is 7.99. The molecule has 0 aliphatic heterocycles. The van der Waals surface area contributed by atoms with Crippen LogP contribution in [0.25, 0.3) is 5.57 Å². The van der Waals surface area contributed by atoms with Gasteiger partial charge in [-0.2, -0.15) is 8.42 Å². The van der Waals surface area contributed by atoms with Crippen molar-refractivity contribution in [2.45, 2.75) is 50.7 Å². The number of allylic oxidation sites excluding steroid dienone is 4. The fourth-order valence-electron chi connectivity index (χ4n) is 2.30. The van der Waals surface area contributed by atoms with Crippen LogP contribution in [0.5, 0.6) is 0 Å². The maximum absolute atomic E-state index is 12.3. The molecule has 2 rings (SSSR count). The van der Waals surface area contributed by atoms with Crippen LogP contribution in [0.1, 0.15) is 39.2 Å². The summed E-state index contributed by atoms with van der Waals surface area (Å²) in [6, 6.07) is 6.78. The van der Waals surface area contributed by atoms with Crippen molar-refractivity contribution in [2.75, 3.05) is 0 Å². The van der Waals surface area contributed by atoms with E-state index in [-0.39, 0.29) is 17.0 Å². The Balaban J connectivity index is 2.05. The molecule has 1 aromatic rings. The fraction of sp³-hybridized carbons (Fsp3) is 0.389. The van der Waals surface area contributed by atoms with Crippen LogP contribution in [0.2, 0.25) is 0 Å². The Kier molecular flexibility index (Phi) is 6.24. The van der Waals surface area contributed by atoms with E-state index in [9.17, 15) is 8.42 Å². The summed E-state index contributed by atoms with van der Waals surface area (Å²) < 4.78 is 29.8. The number of hydrogen-bond donors (Lipinski definition) is 0. The highest BCUT2D eigenvalue weighted by Crippen LogP contribution is 2.29. The van der Waals surface area contributed by atoms with Crippen LogP contribution >= 0.6 is 12.2 Å². The third-order valence-electron chi connectivity index (χ3n) is 3.83. The molecular weight excluding hydrogens is 342 g/mol. The lowest BCUT2D eigenvalue weighted by molar-refractivity contribution is 0.109. The second-order valence-corrected chi connectivity index (χ2v) is 7.89. The molecule has 0 spiro atoms. The minimum atomic E-state index is -3.75. The fourth-order valence-corrected chi connectivity index (χ4v) is 3.55. The molecule has 0 unspecified atom stereocenters. The molecule has 0 saturated heterocycles. The number of benzene rings is 1. The molecule has 0 radical (unpaired) electrons. The zero-order valence-electron chi connectivity index (χ0n) is 14.0. The van der Waals surface area contributed by atoms with Crippen molar-refractivity contribution < 1.29 is 12.6 Å². The molecule has 6 heteroatoms. The van der Waals surface area contributed by atoms with Gasteiger partial charge < -0.3 is 0 Å². The van der Waals surface area contributed by atoms with Crippen molar-refractivity contribution >= 4 is 33.1 Å². The third-order valence-corrected chi connectivity index (χ3v) is 5.31. The molecule has 0 amide bonds. The van der Waals surface area contributed by atoms with E-state index in [2.05, 4.69) is 22.4 Å². The Labute approximate surface area is 149 Å². The number of aliphatic imine (C=N–C) groups is 1. The molecule has 0 bridgehead atoms. The standard InChI is InChI=1S/C18H21NO3S2/c1-13(2)4-5-14(3)15-6-8-18(9-7-15)24(20,21)22-17-10-16(11-17)19-12-23/h4-9,16-17H,10-11H2,1-3H3/b14-5+. The smallest absolute Gasteiger partial charge is 0.263 e. The molecule has 1 fully saturated rings. The van der Waals surface area contributed by atoms with Crippen LogP contribution in [0.15, 0.2) is 51.9 Å². The molecule has 0 heterocycles. The first-order chi connectivity index (χ1) is 11.3. The van der Waals surface area contributed by atoms with Crippen molar-refractivity contribution in [3.8, 4) is 0 Å². The Bertz CT molecular complexity index is 791. The number of nitrogens with zero attached hydrogens (tertiary/aromatic N) is 1.